The number of hydrogen-bond acceptors (Lipinski definition) is 3. The van der Waals surface area contributed by atoms with Crippen LogP contribution in [-0.2, 0) is 0 Å². The van der Waals surface area contributed by atoms with Crippen molar-refractivity contribution in [1.82, 2.24) is 4.90 Å². The lowest BCUT2D eigenvalue weighted by Gasteiger charge is -2.49. The Morgan fingerprint density at radius 3 is 2.35 bits per heavy atom. The molecule has 112 valence electrons. The molecule has 0 aromatic heterocycles. The Morgan fingerprint density at radius 1 is 1.30 bits per heavy atom. The van der Waals surface area contributed by atoms with E-state index in [0.29, 0.717) is 5.54 Å². The van der Waals surface area contributed by atoms with Gasteiger partial charge in [0.05, 0.1) is 6.10 Å². The average molecular weight is 341 g/mol. The fourth-order valence-electron chi connectivity index (χ4n) is 2.96. The monoisotopic (exact) mass is 340 g/mol. The van der Waals surface area contributed by atoms with Crippen molar-refractivity contribution in [3.63, 3.8) is 0 Å². The molecular weight excluding hydrogens is 316 g/mol. The Bertz CT molecular complexity index is 470. The number of anilines is 1. The predicted molar refractivity (Wildman–Crippen MR) is 88.3 cm³/mol. The Kier molecular flexibility index (Phi) is 4.77. The average Bonchev–Trinajstić information content (AvgIpc) is 2.32. The first kappa shape index (κ1) is 15.8. The zero-order chi connectivity index (χ0) is 14.9. The molecule has 3 nitrogen and oxygen atoms in total. The molecule has 1 saturated carbocycles. The molecule has 1 N–H and O–H groups in total. The lowest BCUT2D eigenvalue weighted by Crippen LogP contribution is -2.56. The van der Waals surface area contributed by atoms with Gasteiger partial charge in [-0.3, -0.25) is 0 Å². The van der Waals surface area contributed by atoms with E-state index in [-0.39, 0.29) is 0 Å². The van der Waals surface area contributed by atoms with E-state index in [1.165, 1.54) is 24.9 Å². The Hall–Kier alpha value is -0.580. The molecule has 1 aromatic carbocycles. The van der Waals surface area contributed by atoms with Crippen LogP contribution in [0.3, 0.4) is 0 Å². The summed E-state index contributed by atoms with van der Waals surface area (Å²) in [6, 6.07) is 6.20. The summed E-state index contributed by atoms with van der Waals surface area (Å²) in [5.41, 5.74) is 2.45. The van der Waals surface area contributed by atoms with Crippen molar-refractivity contribution in [3.8, 4) is 0 Å². The third-order valence-electron chi connectivity index (χ3n) is 4.64. The van der Waals surface area contributed by atoms with Gasteiger partial charge in [0, 0.05) is 29.3 Å². The molecule has 4 heteroatoms. The summed E-state index contributed by atoms with van der Waals surface area (Å²) in [5, 5.41) is 9.69. The van der Waals surface area contributed by atoms with Gasteiger partial charge in [-0.2, -0.15) is 0 Å². The third-order valence-corrected chi connectivity index (χ3v) is 5.33. The highest BCUT2D eigenvalue weighted by molar-refractivity contribution is 9.10. The van der Waals surface area contributed by atoms with Gasteiger partial charge in [0.2, 0.25) is 0 Å². The normalized spacial score (nSPS) is 18.8. The van der Waals surface area contributed by atoms with E-state index in [4.69, 9.17) is 0 Å². The molecule has 0 amide bonds. The van der Waals surface area contributed by atoms with Crippen molar-refractivity contribution < 1.29 is 5.11 Å². The van der Waals surface area contributed by atoms with Crippen LogP contribution in [0, 0.1) is 0 Å². The lowest BCUT2D eigenvalue weighted by atomic mass is 9.75. The van der Waals surface area contributed by atoms with Crippen LogP contribution in [0.4, 0.5) is 5.69 Å². The summed E-state index contributed by atoms with van der Waals surface area (Å²) in [6.07, 6.45) is 3.44. The fraction of sp³-hybridized carbons (Fsp3) is 0.625. The van der Waals surface area contributed by atoms with E-state index in [1.54, 1.807) is 6.92 Å². The third kappa shape index (κ3) is 3.02. The zero-order valence-corrected chi connectivity index (χ0v) is 14.4. The first-order chi connectivity index (χ1) is 9.35. The SMILES string of the molecule is CC(O)c1ccc(N(C)CC2(N(C)C)CCC2)cc1Br. The number of hydrogen-bond donors (Lipinski definition) is 1. The van der Waals surface area contributed by atoms with Gasteiger partial charge >= 0.3 is 0 Å². The molecule has 0 bridgehead atoms. The van der Waals surface area contributed by atoms with Gasteiger partial charge in [0.25, 0.3) is 0 Å². The molecule has 2 rings (SSSR count). The largest absolute Gasteiger partial charge is 0.389 e. The second kappa shape index (κ2) is 6.04. The molecule has 1 fully saturated rings. The quantitative estimate of drug-likeness (QED) is 0.889. The molecule has 1 unspecified atom stereocenters. The van der Waals surface area contributed by atoms with E-state index >= 15 is 0 Å². The Labute approximate surface area is 130 Å². The summed E-state index contributed by atoms with van der Waals surface area (Å²) >= 11 is 3.56. The summed E-state index contributed by atoms with van der Waals surface area (Å²) in [5.74, 6) is 0. The van der Waals surface area contributed by atoms with Gasteiger partial charge in [-0.15, -0.1) is 0 Å². The maximum Gasteiger partial charge on any atom is 0.0772 e. The van der Waals surface area contributed by atoms with Crippen LogP contribution in [-0.4, -0.2) is 43.2 Å². The van der Waals surface area contributed by atoms with Crippen LogP contribution < -0.4 is 4.90 Å². The van der Waals surface area contributed by atoms with E-state index in [0.717, 1.165) is 16.6 Å². The second-order valence-electron chi connectivity index (χ2n) is 6.21. The molecule has 1 aromatic rings. The van der Waals surface area contributed by atoms with Gasteiger partial charge in [0.15, 0.2) is 0 Å². The maximum atomic E-state index is 9.69. The minimum Gasteiger partial charge on any atom is -0.389 e. The van der Waals surface area contributed by atoms with Gasteiger partial charge in [-0.1, -0.05) is 22.0 Å². The molecule has 0 radical (unpaired) electrons. The van der Waals surface area contributed by atoms with Gasteiger partial charge in [-0.05, 0) is 58.0 Å². The van der Waals surface area contributed by atoms with Crippen LogP contribution in [0.15, 0.2) is 22.7 Å². The highest BCUT2D eigenvalue weighted by Gasteiger charge is 2.39. The second-order valence-corrected chi connectivity index (χ2v) is 7.06. The van der Waals surface area contributed by atoms with E-state index in [9.17, 15) is 5.11 Å². The van der Waals surface area contributed by atoms with Crippen molar-refractivity contribution in [2.24, 2.45) is 0 Å². The maximum absolute atomic E-state index is 9.69. The van der Waals surface area contributed by atoms with E-state index in [2.05, 4.69) is 59.0 Å². The summed E-state index contributed by atoms with van der Waals surface area (Å²) in [6.45, 7) is 2.83. The lowest BCUT2D eigenvalue weighted by molar-refractivity contribution is 0.0683. The molecule has 0 aliphatic heterocycles. The molecule has 1 atom stereocenters. The van der Waals surface area contributed by atoms with Crippen LogP contribution in [0.5, 0.6) is 0 Å². The van der Waals surface area contributed by atoms with E-state index < -0.39 is 6.10 Å². The van der Waals surface area contributed by atoms with Crippen LogP contribution in [0.25, 0.3) is 0 Å². The van der Waals surface area contributed by atoms with Gasteiger partial charge in [0.1, 0.15) is 0 Å². The number of aliphatic hydroxyl groups is 1. The van der Waals surface area contributed by atoms with Crippen molar-refractivity contribution in [2.75, 3.05) is 32.6 Å². The van der Waals surface area contributed by atoms with Crippen molar-refractivity contribution >= 4 is 21.6 Å². The number of likely N-dealkylation sites (N-methyl/N-ethyl adjacent to an activating group) is 2. The molecule has 1 aliphatic rings. The fourth-order valence-corrected chi connectivity index (χ4v) is 3.65. The number of halogens is 1. The topological polar surface area (TPSA) is 26.7 Å². The van der Waals surface area contributed by atoms with Crippen molar-refractivity contribution in [3.05, 3.63) is 28.2 Å². The Balaban J connectivity index is 2.13. The summed E-state index contributed by atoms with van der Waals surface area (Å²) < 4.78 is 0.976. The molecular formula is C16H25BrN2O. The Morgan fingerprint density at radius 2 is 1.95 bits per heavy atom. The van der Waals surface area contributed by atoms with Gasteiger partial charge < -0.3 is 14.9 Å². The molecule has 0 saturated heterocycles. The minimum absolute atomic E-state index is 0.324. The number of rotatable bonds is 5. The first-order valence-corrected chi connectivity index (χ1v) is 8.01. The first-order valence-electron chi connectivity index (χ1n) is 7.22. The van der Waals surface area contributed by atoms with Crippen LogP contribution in [0.2, 0.25) is 0 Å². The predicted octanol–water partition coefficient (Wildman–Crippen LogP) is 3.42. The summed E-state index contributed by atoms with van der Waals surface area (Å²) in [4.78, 5) is 4.68. The molecule has 20 heavy (non-hydrogen) atoms. The summed E-state index contributed by atoms with van der Waals surface area (Å²) in [7, 11) is 6.51. The molecule has 0 heterocycles. The molecule has 0 spiro atoms. The molecule has 1 aliphatic carbocycles. The standard InChI is InChI=1S/C16H25BrN2O/c1-12(20)14-7-6-13(10-15(14)17)19(4)11-16(18(2)3)8-5-9-16/h6-7,10,12,20H,5,8-9,11H2,1-4H3. The highest BCUT2D eigenvalue weighted by atomic mass is 79.9. The van der Waals surface area contributed by atoms with Crippen molar-refractivity contribution in [2.45, 2.75) is 37.8 Å². The van der Waals surface area contributed by atoms with Gasteiger partial charge in [-0.25, -0.2) is 0 Å². The smallest absolute Gasteiger partial charge is 0.0772 e. The zero-order valence-electron chi connectivity index (χ0n) is 12.9. The number of aliphatic hydroxyl groups excluding tert-OH is 1. The van der Waals surface area contributed by atoms with Crippen molar-refractivity contribution in [1.29, 1.82) is 0 Å². The highest BCUT2D eigenvalue weighted by Crippen LogP contribution is 2.38. The number of nitrogens with zero attached hydrogens (tertiary/aromatic N) is 2. The van der Waals surface area contributed by atoms with Crippen LogP contribution in [0.1, 0.15) is 37.9 Å². The number of benzene rings is 1. The van der Waals surface area contributed by atoms with E-state index in [1.807, 2.05) is 6.07 Å². The minimum atomic E-state index is -0.441. The van der Waals surface area contributed by atoms with Crippen LogP contribution >= 0.6 is 15.9 Å².